The molecule has 36 heavy (non-hydrogen) atoms. The van der Waals surface area contributed by atoms with Crippen LogP contribution < -0.4 is 5.48 Å². The molecule has 2 aromatic carbocycles. The molecule has 3 N–H and O–H groups in total. The Kier molecular flexibility index (Phi) is 10.9. The molecule has 8 nitrogen and oxygen atoms in total. The van der Waals surface area contributed by atoms with Gasteiger partial charge in [0.05, 0.1) is 24.8 Å². The molecule has 0 aliphatic rings. The largest absolute Gasteiger partial charge is 0.490 e. The van der Waals surface area contributed by atoms with Crippen LogP contribution >= 0.6 is 11.6 Å². The summed E-state index contributed by atoms with van der Waals surface area (Å²) in [5.74, 6) is -3.43. The minimum atomic E-state index is -5.08. The highest BCUT2D eigenvalue weighted by Crippen LogP contribution is 2.28. The second-order valence-electron chi connectivity index (χ2n) is 7.68. The zero-order valence-electron chi connectivity index (χ0n) is 19.2. The topological polar surface area (TPSA) is 114 Å². The number of hydrogen-bond acceptors (Lipinski definition) is 5. The average molecular weight is 528 g/mol. The molecule has 2 atom stereocenters. The molecule has 0 spiro atoms. The van der Waals surface area contributed by atoms with Crippen molar-refractivity contribution < 1.29 is 37.8 Å². The van der Waals surface area contributed by atoms with E-state index >= 15 is 0 Å². The number of amides is 1. The van der Waals surface area contributed by atoms with Gasteiger partial charge in [-0.15, -0.1) is 0 Å². The Morgan fingerprint density at radius 1 is 1.08 bits per heavy atom. The maximum atomic E-state index is 11.8. The van der Waals surface area contributed by atoms with Crippen LogP contribution in [0.3, 0.4) is 0 Å². The number of hydroxylamine groups is 1. The second kappa shape index (κ2) is 13.6. The van der Waals surface area contributed by atoms with Gasteiger partial charge < -0.3 is 9.84 Å². The van der Waals surface area contributed by atoms with E-state index in [0.29, 0.717) is 18.0 Å². The highest BCUT2D eigenvalue weighted by atomic mass is 35.5. The Morgan fingerprint density at radius 2 is 1.69 bits per heavy atom. The van der Waals surface area contributed by atoms with Crippen LogP contribution in [-0.2, 0) is 27.3 Å². The molecule has 0 bridgehead atoms. The first-order valence-corrected chi connectivity index (χ1v) is 11.0. The van der Waals surface area contributed by atoms with Crippen LogP contribution in [0.4, 0.5) is 13.2 Å². The molecule has 1 heterocycles. The van der Waals surface area contributed by atoms with Gasteiger partial charge in [0.15, 0.2) is 0 Å². The zero-order chi connectivity index (χ0) is 26.7. The van der Waals surface area contributed by atoms with Crippen molar-refractivity contribution in [3.8, 4) is 0 Å². The van der Waals surface area contributed by atoms with Crippen LogP contribution in [0.1, 0.15) is 29.2 Å². The average Bonchev–Trinajstić information content (AvgIpc) is 3.30. The lowest BCUT2D eigenvalue weighted by molar-refractivity contribution is -0.192. The first kappa shape index (κ1) is 28.8. The van der Waals surface area contributed by atoms with Crippen molar-refractivity contribution in [1.29, 1.82) is 0 Å². The zero-order valence-corrected chi connectivity index (χ0v) is 19.9. The highest BCUT2D eigenvalue weighted by molar-refractivity contribution is 6.30. The van der Waals surface area contributed by atoms with Crippen molar-refractivity contribution in [3.63, 3.8) is 0 Å². The molecule has 0 aliphatic carbocycles. The van der Waals surface area contributed by atoms with Crippen LogP contribution in [0.5, 0.6) is 0 Å². The number of alkyl halides is 3. The van der Waals surface area contributed by atoms with Crippen molar-refractivity contribution in [2.75, 3.05) is 7.11 Å². The lowest BCUT2D eigenvalue weighted by Gasteiger charge is -2.24. The first-order chi connectivity index (χ1) is 17.0. The fourth-order valence-corrected chi connectivity index (χ4v) is 3.48. The number of carbonyl (C=O) groups excluding carboxylic acids is 1. The highest BCUT2D eigenvalue weighted by Gasteiger charge is 2.38. The third kappa shape index (κ3) is 9.33. The summed E-state index contributed by atoms with van der Waals surface area (Å²) in [7, 11) is 1.56. The van der Waals surface area contributed by atoms with Crippen molar-refractivity contribution in [3.05, 3.63) is 88.7 Å². The number of carboxylic acids is 1. The molecule has 1 aromatic heterocycles. The number of nitrogens with one attached hydrogen (secondary N) is 1. The Balaban J connectivity index is 0.000000572. The van der Waals surface area contributed by atoms with Crippen molar-refractivity contribution in [1.82, 2.24) is 15.3 Å². The molecule has 1 amide bonds. The van der Waals surface area contributed by atoms with Crippen molar-refractivity contribution in [2.45, 2.75) is 37.6 Å². The molecular weight excluding hydrogens is 503 g/mol. The SMILES string of the molecule is CO[C@H](CC(=O)NO)[C@H](Cc1ccc(Cl)cc1)c1ccn(Cc2ccccc2)n1.O=C(O)C(F)(F)F. The van der Waals surface area contributed by atoms with E-state index in [1.54, 1.807) is 12.6 Å². The summed E-state index contributed by atoms with van der Waals surface area (Å²) in [4.78, 5) is 20.7. The van der Waals surface area contributed by atoms with Gasteiger partial charge in [0.2, 0.25) is 5.91 Å². The van der Waals surface area contributed by atoms with E-state index in [0.717, 1.165) is 16.8 Å². The van der Waals surface area contributed by atoms with Crippen molar-refractivity contribution in [2.24, 2.45) is 0 Å². The van der Waals surface area contributed by atoms with E-state index in [1.807, 2.05) is 59.4 Å². The summed E-state index contributed by atoms with van der Waals surface area (Å²) in [6.45, 7) is 0.656. The second-order valence-corrected chi connectivity index (χ2v) is 8.11. The molecule has 0 radical (unpaired) electrons. The number of ether oxygens (including phenoxy) is 1. The summed E-state index contributed by atoms with van der Waals surface area (Å²) in [6.07, 6.45) is -2.96. The fourth-order valence-electron chi connectivity index (χ4n) is 3.35. The summed E-state index contributed by atoms with van der Waals surface area (Å²) in [5, 5.41) is 21.5. The van der Waals surface area contributed by atoms with Gasteiger partial charge >= 0.3 is 12.1 Å². The van der Waals surface area contributed by atoms with Crippen molar-refractivity contribution >= 4 is 23.5 Å². The number of carbonyl (C=O) groups is 2. The van der Waals surface area contributed by atoms with E-state index in [1.165, 1.54) is 0 Å². The number of rotatable bonds is 9. The number of carboxylic acid groups (broad SMARTS) is 1. The summed E-state index contributed by atoms with van der Waals surface area (Å²) in [6, 6.07) is 19.6. The van der Waals surface area contributed by atoms with E-state index < -0.39 is 24.2 Å². The van der Waals surface area contributed by atoms with E-state index in [2.05, 4.69) is 12.1 Å². The molecule has 0 saturated heterocycles. The molecule has 0 saturated carbocycles. The summed E-state index contributed by atoms with van der Waals surface area (Å²) < 4.78 is 39.2. The maximum Gasteiger partial charge on any atom is 0.490 e. The predicted octanol–water partition coefficient (Wildman–Crippen LogP) is 4.45. The quantitative estimate of drug-likeness (QED) is 0.280. The van der Waals surface area contributed by atoms with Gasteiger partial charge in [0.1, 0.15) is 0 Å². The van der Waals surface area contributed by atoms with E-state index in [-0.39, 0.29) is 12.3 Å². The normalized spacial score (nSPS) is 12.7. The number of benzene rings is 2. The maximum absolute atomic E-state index is 11.8. The lowest BCUT2D eigenvalue weighted by atomic mass is 9.89. The third-order valence-corrected chi connectivity index (χ3v) is 5.35. The van der Waals surface area contributed by atoms with Gasteiger partial charge in [-0.3, -0.25) is 14.7 Å². The fraction of sp³-hybridized carbons (Fsp3) is 0.292. The van der Waals surface area contributed by atoms with E-state index in [9.17, 15) is 18.0 Å². The Hall–Kier alpha value is -3.41. The Labute approximate surface area is 210 Å². The molecule has 3 aromatic rings. The molecule has 0 unspecified atom stereocenters. The predicted molar refractivity (Wildman–Crippen MR) is 125 cm³/mol. The summed E-state index contributed by atoms with van der Waals surface area (Å²) in [5.41, 5.74) is 4.72. The van der Waals surface area contributed by atoms with Crippen LogP contribution in [-0.4, -0.2) is 51.4 Å². The molecule has 194 valence electrons. The number of aliphatic carboxylic acids is 1. The van der Waals surface area contributed by atoms with Crippen LogP contribution in [0, 0.1) is 0 Å². The van der Waals surface area contributed by atoms with Gasteiger partial charge in [-0.25, -0.2) is 10.3 Å². The van der Waals surface area contributed by atoms with E-state index in [4.69, 9.17) is 36.5 Å². The number of halogens is 4. The molecule has 12 heteroatoms. The minimum Gasteiger partial charge on any atom is -0.475 e. The third-order valence-electron chi connectivity index (χ3n) is 5.10. The number of aromatic nitrogens is 2. The van der Waals surface area contributed by atoms with Crippen LogP contribution in [0.2, 0.25) is 5.02 Å². The first-order valence-electron chi connectivity index (χ1n) is 10.6. The smallest absolute Gasteiger partial charge is 0.475 e. The number of hydrogen-bond donors (Lipinski definition) is 3. The van der Waals surface area contributed by atoms with Gasteiger partial charge in [-0.2, -0.15) is 18.3 Å². The number of methoxy groups -OCH3 is 1. The Bertz CT molecular complexity index is 1110. The molecule has 0 fully saturated rings. The lowest BCUT2D eigenvalue weighted by Crippen LogP contribution is -2.31. The molecule has 0 aliphatic heterocycles. The van der Waals surface area contributed by atoms with Gasteiger partial charge in [-0.05, 0) is 35.7 Å². The molecular formula is C24H25ClF3N3O5. The monoisotopic (exact) mass is 527 g/mol. The Morgan fingerprint density at radius 3 is 2.22 bits per heavy atom. The standard InChI is InChI=1S/C22H24ClN3O3.C2HF3O2/c1-29-21(14-22(27)25-28)19(13-16-7-9-18(23)10-8-16)20-11-12-26(24-20)15-17-5-3-2-4-6-17;3-2(4,5)1(6)7/h2-12,19,21,28H,13-15H2,1H3,(H,25,27);(H,6,7)/t19-,21-;/m1./s1. The number of nitrogens with zero attached hydrogens (tertiary/aromatic N) is 2. The van der Waals surface area contributed by atoms with Gasteiger partial charge in [0.25, 0.3) is 0 Å². The van der Waals surface area contributed by atoms with Crippen LogP contribution in [0.15, 0.2) is 66.9 Å². The minimum absolute atomic E-state index is 0.0246. The molecule has 3 rings (SSSR count). The van der Waals surface area contributed by atoms with Gasteiger partial charge in [-0.1, -0.05) is 54.1 Å². The van der Waals surface area contributed by atoms with Crippen LogP contribution in [0.25, 0.3) is 0 Å². The van der Waals surface area contributed by atoms with Gasteiger partial charge in [0, 0.05) is 24.2 Å². The summed E-state index contributed by atoms with van der Waals surface area (Å²) >= 11 is 6.00.